The van der Waals surface area contributed by atoms with E-state index < -0.39 is 29.1 Å². The smallest absolute Gasteiger partial charge is 0.379 e. The number of hydrogen-bond donors (Lipinski definition) is 0. The van der Waals surface area contributed by atoms with E-state index in [1.54, 1.807) is 17.3 Å². The maximum Gasteiger partial charge on any atom is 0.433 e. The maximum atomic E-state index is 13.8. The number of anilines is 1. The molecule has 0 aliphatic carbocycles. The van der Waals surface area contributed by atoms with Crippen molar-refractivity contribution in [2.24, 2.45) is 7.05 Å². The molecule has 0 unspecified atom stereocenters. The fourth-order valence-electron chi connectivity index (χ4n) is 5.55. The quantitative estimate of drug-likeness (QED) is 0.421. The van der Waals surface area contributed by atoms with Crippen LogP contribution in [-0.2, 0) is 42.9 Å². The molecule has 5 heterocycles. The van der Waals surface area contributed by atoms with Gasteiger partial charge < -0.3 is 9.30 Å². The number of fused-ring (bicyclic) bond motifs is 1. The van der Waals surface area contributed by atoms with Gasteiger partial charge in [0.2, 0.25) is 0 Å². The number of hydrogen-bond acceptors (Lipinski definition) is 6. The molecule has 0 spiro atoms. The highest BCUT2D eigenvalue weighted by Gasteiger charge is 2.43. The lowest BCUT2D eigenvalue weighted by molar-refractivity contribution is -0.141. The molecule has 0 saturated carbocycles. The van der Waals surface area contributed by atoms with Gasteiger partial charge in [0.1, 0.15) is 23.7 Å². The standard InChI is InChI=1S/C27H27F5N6O2/c1-36-16-33-35-23(36)11-25(14-40-15-25)19-3-2-18-13-38(24(39)20(18)10-19)22-9-17(8-21(34-22)27(30,31)32)12-37-6-4-26(28,29)5-7-37/h2-3,8-10,16H,4-7,11-15H2,1H3. The number of nitrogens with zero attached hydrogens (tertiary/aromatic N) is 6. The number of carbonyl (C=O) groups excluding carboxylic acids is 1. The molecular formula is C27H27F5N6O2. The molecule has 1 amide bonds. The number of carbonyl (C=O) groups is 1. The number of ether oxygens (including phenoxy) is 1. The number of piperidine rings is 1. The van der Waals surface area contributed by atoms with Crippen molar-refractivity contribution in [1.29, 1.82) is 0 Å². The summed E-state index contributed by atoms with van der Waals surface area (Å²) in [4.78, 5) is 20.3. The van der Waals surface area contributed by atoms with Crippen LogP contribution < -0.4 is 4.90 Å². The Labute approximate surface area is 226 Å². The van der Waals surface area contributed by atoms with Gasteiger partial charge in [-0.2, -0.15) is 13.2 Å². The average Bonchev–Trinajstić information content (AvgIpc) is 3.44. The van der Waals surface area contributed by atoms with Gasteiger partial charge in [0.15, 0.2) is 0 Å². The van der Waals surface area contributed by atoms with Gasteiger partial charge in [-0.1, -0.05) is 12.1 Å². The summed E-state index contributed by atoms with van der Waals surface area (Å²) in [5, 5.41) is 8.11. The Balaban J connectivity index is 1.27. The molecule has 1 aromatic carbocycles. The predicted molar refractivity (Wildman–Crippen MR) is 133 cm³/mol. The minimum Gasteiger partial charge on any atom is -0.379 e. The molecule has 6 rings (SSSR count). The second-order valence-corrected chi connectivity index (χ2v) is 10.9. The zero-order valence-corrected chi connectivity index (χ0v) is 21.7. The normalized spacial score (nSPS) is 20.4. The molecule has 0 N–H and O–H groups in total. The van der Waals surface area contributed by atoms with Gasteiger partial charge in [-0.15, -0.1) is 10.2 Å². The minimum absolute atomic E-state index is 0.0539. The number of likely N-dealkylation sites (tertiary alicyclic amines) is 1. The highest BCUT2D eigenvalue weighted by Crippen LogP contribution is 2.39. The maximum absolute atomic E-state index is 13.8. The summed E-state index contributed by atoms with van der Waals surface area (Å²) in [6.45, 7) is 1.16. The Morgan fingerprint density at radius 2 is 1.82 bits per heavy atom. The molecule has 2 fully saturated rings. The first-order valence-corrected chi connectivity index (χ1v) is 13.0. The fourth-order valence-corrected chi connectivity index (χ4v) is 5.55. The largest absolute Gasteiger partial charge is 0.433 e. The monoisotopic (exact) mass is 562 g/mol. The van der Waals surface area contributed by atoms with Gasteiger partial charge in [0.25, 0.3) is 11.8 Å². The van der Waals surface area contributed by atoms with E-state index in [0.29, 0.717) is 30.8 Å². The fraction of sp³-hybridized carbons (Fsp3) is 0.481. The van der Waals surface area contributed by atoms with Gasteiger partial charge in [-0.25, -0.2) is 13.8 Å². The van der Waals surface area contributed by atoms with Crippen molar-refractivity contribution in [2.75, 3.05) is 31.2 Å². The Morgan fingerprint density at radius 3 is 2.45 bits per heavy atom. The van der Waals surface area contributed by atoms with Gasteiger partial charge >= 0.3 is 6.18 Å². The molecule has 3 aliphatic heterocycles. The van der Waals surface area contributed by atoms with Crippen LogP contribution in [0.15, 0.2) is 36.7 Å². The van der Waals surface area contributed by atoms with Crippen molar-refractivity contribution in [3.63, 3.8) is 0 Å². The first-order chi connectivity index (χ1) is 18.9. The summed E-state index contributed by atoms with van der Waals surface area (Å²) in [5.41, 5.74) is 0.719. The van der Waals surface area contributed by atoms with Crippen LogP contribution in [0.5, 0.6) is 0 Å². The third-order valence-corrected chi connectivity index (χ3v) is 8.02. The van der Waals surface area contributed by atoms with Crippen LogP contribution in [0.1, 0.15) is 51.4 Å². The highest BCUT2D eigenvalue weighted by atomic mass is 19.4. The zero-order chi connectivity index (χ0) is 28.3. The van der Waals surface area contributed by atoms with Crippen molar-refractivity contribution in [3.05, 3.63) is 70.4 Å². The number of pyridine rings is 1. The van der Waals surface area contributed by atoms with Crippen molar-refractivity contribution in [3.8, 4) is 0 Å². The molecule has 0 radical (unpaired) electrons. The SMILES string of the molecule is Cn1cnnc1CC1(c2ccc3c(c2)C(=O)N(c2cc(CN4CCC(F)(F)CC4)cc(C(F)(F)F)n2)C3)COC1. The van der Waals surface area contributed by atoms with Crippen LogP contribution in [0.25, 0.3) is 0 Å². The number of amides is 1. The lowest BCUT2D eigenvalue weighted by atomic mass is 9.75. The Bertz CT molecular complexity index is 1440. The Morgan fingerprint density at radius 1 is 1.07 bits per heavy atom. The zero-order valence-electron chi connectivity index (χ0n) is 21.7. The Hall–Kier alpha value is -3.45. The average molecular weight is 563 g/mol. The van der Waals surface area contributed by atoms with Gasteiger partial charge in [0.05, 0.1) is 19.8 Å². The Kier molecular flexibility index (Phi) is 6.41. The van der Waals surface area contributed by atoms with Gasteiger partial charge in [0, 0.05) is 56.9 Å². The summed E-state index contributed by atoms with van der Waals surface area (Å²) in [6, 6.07) is 7.91. The van der Waals surface area contributed by atoms with Crippen molar-refractivity contribution in [2.45, 2.75) is 49.9 Å². The van der Waals surface area contributed by atoms with Crippen molar-refractivity contribution < 1.29 is 31.5 Å². The molecule has 8 nitrogen and oxygen atoms in total. The van der Waals surface area contributed by atoms with E-state index in [0.717, 1.165) is 17.5 Å². The third-order valence-electron chi connectivity index (χ3n) is 8.02. The molecule has 3 aliphatic rings. The van der Waals surface area contributed by atoms with Crippen LogP contribution in [0.2, 0.25) is 0 Å². The van der Waals surface area contributed by atoms with E-state index in [2.05, 4.69) is 15.2 Å². The molecule has 0 atom stereocenters. The molecule has 3 aromatic rings. The number of aromatic nitrogens is 4. The predicted octanol–water partition coefficient (Wildman–Crippen LogP) is 4.13. The van der Waals surface area contributed by atoms with E-state index >= 15 is 0 Å². The highest BCUT2D eigenvalue weighted by molar-refractivity contribution is 6.09. The van der Waals surface area contributed by atoms with E-state index in [-0.39, 0.29) is 50.4 Å². The van der Waals surface area contributed by atoms with Crippen LogP contribution >= 0.6 is 0 Å². The van der Waals surface area contributed by atoms with Gasteiger partial charge in [-0.3, -0.25) is 14.6 Å². The topological polar surface area (TPSA) is 76.4 Å². The molecular weight excluding hydrogens is 535 g/mol. The molecule has 2 aromatic heterocycles. The molecule has 2 saturated heterocycles. The number of halogens is 5. The number of aryl methyl sites for hydroxylation is 1. The molecule has 0 bridgehead atoms. The van der Waals surface area contributed by atoms with E-state index in [9.17, 15) is 26.7 Å². The van der Waals surface area contributed by atoms with Crippen molar-refractivity contribution >= 4 is 11.7 Å². The third kappa shape index (κ3) is 4.96. The summed E-state index contributed by atoms with van der Waals surface area (Å²) in [5.74, 6) is -2.55. The van der Waals surface area contributed by atoms with E-state index in [1.165, 1.54) is 11.0 Å². The van der Waals surface area contributed by atoms with E-state index in [1.807, 2.05) is 23.7 Å². The van der Waals surface area contributed by atoms with Crippen LogP contribution in [0.3, 0.4) is 0 Å². The van der Waals surface area contributed by atoms with E-state index in [4.69, 9.17) is 4.74 Å². The summed E-state index contributed by atoms with van der Waals surface area (Å²) >= 11 is 0. The summed E-state index contributed by atoms with van der Waals surface area (Å²) in [6.07, 6.45) is -3.26. The molecule has 40 heavy (non-hydrogen) atoms. The number of alkyl halides is 5. The van der Waals surface area contributed by atoms with Crippen LogP contribution in [-0.4, -0.2) is 62.8 Å². The number of rotatable bonds is 6. The summed E-state index contributed by atoms with van der Waals surface area (Å²) < 4.78 is 75.9. The van der Waals surface area contributed by atoms with Crippen LogP contribution in [0.4, 0.5) is 27.8 Å². The van der Waals surface area contributed by atoms with Crippen molar-refractivity contribution in [1.82, 2.24) is 24.6 Å². The molecule has 13 heteroatoms. The second kappa shape index (κ2) is 9.58. The first-order valence-electron chi connectivity index (χ1n) is 13.0. The first kappa shape index (κ1) is 26.8. The van der Waals surface area contributed by atoms with Crippen LogP contribution in [0, 0.1) is 0 Å². The molecule has 212 valence electrons. The second-order valence-electron chi connectivity index (χ2n) is 10.9. The number of benzene rings is 1. The minimum atomic E-state index is -4.74. The lowest BCUT2D eigenvalue weighted by Crippen LogP contribution is -2.49. The lowest BCUT2D eigenvalue weighted by Gasteiger charge is -2.41. The van der Waals surface area contributed by atoms with Gasteiger partial charge in [-0.05, 0) is 34.9 Å². The summed E-state index contributed by atoms with van der Waals surface area (Å²) in [7, 11) is 1.85.